The Kier molecular flexibility index (Phi) is 5.78. The fraction of sp³-hybridized carbons (Fsp3) is 0.250. The number of nitrogens with zero attached hydrogens (tertiary/aromatic N) is 1. The Labute approximate surface area is 161 Å². The second-order valence-corrected chi connectivity index (χ2v) is 6.27. The largest absolute Gasteiger partial charge is 0.480 e. The van der Waals surface area contributed by atoms with E-state index in [-0.39, 0.29) is 19.9 Å². The molecule has 2 aromatic carbocycles. The zero-order valence-electron chi connectivity index (χ0n) is 15.3. The van der Waals surface area contributed by atoms with E-state index in [1.54, 1.807) is 24.3 Å². The van der Waals surface area contributed by atoms with Crippen molar-refractivity contribution >= 4 is 17.8 Å². The molecule has 0 saturated carbocycles. The number of benzene rings is 2. The third-order valence-electron chi connectivity index (χ3n) is 4.38. The molecule has 146 valence electrons. The van der Waals surface area contributed by atoms with Crippen molar-refractivity contribution in [3.8, 4) is 11.5 Å². The first kappa shape index (κ1) is 19.2. The van der Waals surface area contributed by atoms with Crippen LogP contribution in [-0.2, 0) is 16.1 Å². The van der Waals surface area contributed by atoms with Crippen LogP contribution in [0.25, 0.3) is 0 Å². The lowest BCUT2D eigenvalue weighted by Gasteiger charge is -2.27. The zero-order valence-corrected chi connectivity index (χ0v) is 15.3. The Morgan fingerprint density at radius 1 is 1.11 bits per heavy atom. The molecule has 2 N–H and O–H groups in total. The van der Waals surface area contributed by atoms with E-state index in [2.05, 4.69) is 5.32 Å². The number of ether oxygens (including phenoxy) is 2. The lowest BCUT2D eigenvalue weighted by atomic mass is 10.1. The lowest BCUT2D eigenvalue weighted by Crippen LogP contribution is -2.47. The van der Waals surface area contributed by atoms with Gasteiger partial charge in [-0.1, -0.05) is 30.3 Å². The number of carboxylic acids is 1. The van der Waals surface area contributed by atoms with Crippen LogP contribution in [0.15, 0.2) is 48.5 Å². The van der Waals surface area contributed by atoms with E-state index in [0.717, 1.165) is 5.56 Å². The van der Waals surface area contributed by atoms with Gasteiger partial charge in [-0.2, -0.15) is 0 Å². The van der Waals surface area contributed by atoms with Gasteiger partial charge in [0.2, 0.25) is 12.7 Å². The Balaban J connectivity index is 1.65. The highest BCUT2D eigenvalue weighted by atomic mass is 16.7. The lowest BCUT2D eigenvalue weighted by molar-refractivity contribution is -0.149. The molecule has 28 heavy (non-hydrogen) atoms. The van der Waals surface area contributed by atoms with E-state index < -0.39 is 23.8 Å². The van der Waals surface area contributed by atoms with Gasteiger partial charge in [0.15, 0.2) is 11.5 Å². The predicted octanol–water partition coefficient (Wildman–Crippen LogP) is 1.65. The van der Waals surface area contributed by atoms with Gasteiger partial charge in [0.1, 0.15) is 6.04 Å². The highest BCUT2D eigenvalue weighted by Gasteiger charge is 2.26. The van der Waals surface area contributed by atoms with Crippen LogP contribution in [0.3, 0.4) is 0 Å². The van der Waals surface area contributed by atoms with Gasteiger partial charge in [-0.25, -0.2) is 4.79 Å². The first-order valence-electron chi connectivity index (χ1n) is 8.70. The molecule has 0 fully saturated rings. The minimum absolute atomic E-state index is 0.0976. The minimum atomic E-state index is -1.12. The molecule has 2 amide bonds. The summed E-state index contributed by atoms with van der Waals surface area (Å²) in [5.41, 5.74) is 1.11. The van der Waals surface area contributed by atoms with Gasteiger partial charge in [0.25, 0.3) is 5.91 Å². The highest BCUT2D eigenvalue weighted by molar-refractivity contribution is 5.97. The molecule has 0 aliphatic carbocycles. The molecule has 0 aromatic heterocycles. The van der Waals surface area contributed by atoms with E-state index in [9.17, 15) is 19.5 Å². The number of carbonyl (C=O) groups is 3. The third-order valence-corrected chi connectivity index (χ3v) is 4.38. The molecule has 0 spiro atoms. The zero-order chi connectivity index (χ0) is 20.1. The summed E-state index contributed by atoms with van der Waals surface area (Å²) in [4.78, 5) is 37.6. The maximum atomic E-state index is 12.6. The fourth-order valence-corrected chi connectivity index (χ4v) is 2.75. The number of amides is 2. The quantitative estimate of drug-likeness (QED) is 0.752. The molecular weight excluding hydrogens is 364 g/mol. The van der Waals surface area contributed by atoms with Crippen molar-refractivity contribution in [3.05, 3.63) is 59.7 Å². The molecule has 2 aromatic rings. The highest BCUT2D eigenvalue weighted by Crippen LogP contribution is 2.32. The predicted molar refractivity (Wildman–Crippen MR) is 99.0 cm³/mol. The molecule has 8 nitrogen and oxygen atoms in total. The number of carboxylic acid groups (broad SMARTS) is 1. The second kappa shape index (κ2) is 8.43. The molecule has 0 saturated heterocycles. The van der Waals surface area contributed by atoms with E-state index in [1.165, 1.54) is 17.9 Å². The molecule has 1 atom stereocenters. The molecule has 1 aliphatic heterocycles. The van der Waals surface area contributed by atoms with Gasteiger partial charge in [0.05, 0.1) is 6.54 Å². The first-order chi connectivity index (χ1) is 13.5. The summed E-state index contributed by atoms with van der Waals surface area (Å²) in [6, 6.07) is 12.7. The normalized spacial score (nSPS) is 12.9. The summed E-state index contributed by atoms with van der Waals surface area (Å²) in [6.07, 6.45) is 0. The van der Waals surface area contributed by atoms with Crippen LogP contribution in [0.4, 0.5) is 0 Å². The van der Waals surface area contributed by atoms with E-state index in [0.29, 0.717) is 17.1 Å². The standard InChI is InChI=1S/C20H20N2O6/c1-13(20(25)26)22(11-14-5-3-2-4-6-14)18(23)10-21-19(24)15-7-8-16-17(9-15)28-12-27-16/h2-9,13H,10-12H2,1H3,(H,21,24)(H,25,26). The van der Waals surface area contributed by atoms with Gasteiger partial charge in [-0.15, -0.1) is 0 Å². The van der Waals surface area contributed by atoms with Crippen molar-refractivity contribution in [2.75, 3.05) is 13.3 Å². The maximum Gasteiger partial charge on any atom is 0.326 e. The Hall–Kier alpha value is -3.55. The number of nitrogens with one attached hydrogen (secondary N) is 1. The van der Waals surface area contributed by atoms with Crippen LogP contribution in [0.5, 0.6) is 11.5 Å². The first-order valence-corrected chi connectivity index (χ1v) is 8.70. The fourth-order valence-electron chi connectivity index (χ4n) is 2.75. The number of fused-ring (bicyclic) bond motifs is 1. The SMILES string of the molecule is CC(C(=O)O)N(Cc1ccccc1)C(=O)CNC(=O)c1ccc2c(c1)OCO2. The molecule has 0 bridgehead atoms. The number of rotatable bonds is 7. The molecule has 1 aliphatic rings. The van der Waals surface area contributed by atoms with Gasteiger partial charge in [0, 0.05) is 12.1 Å². The number of hydrogen-bond acceptors (Lipinski definition) is 5. The Bertz CT molecular complexity index is 884. The van der Waals surface area contributed by atoms with Crippen LogP contribution in [0.1, 0.15) is 22.8 Å². The van der Waals surface area contributed by atoms with Crippen LogP contribution in [0.2, 0.25) is 0 Å². The van der Waals surface area contributed by atoms with E-state index in [4.69, 9.17) is 9.47 Å². The van der Waals surface area contributed by atoms with Crippen molar-refractivity contribution < 1.29 is 29.0 Å². The summed E-state index contributed by atoms with van der Waals surface area (Å²) in [7, 11) is 0. The third kappa shape index (κ3) is 4.40. The Morgan fingerprint density at radius 3 is 2.54 bits per heavy atom. The molecule has 1 unspecified atom stereocenters. The second-order valence-electron chi connectivity index (χ2n) is 6.27. The molecular formula is C20H20N2O6. The summed E-state index contributed by atoms with van der Waals surface area (Å²) in [5.74, 6) is -1.06. The van der Waals surface area contributed by atoms with Gasteiger partial charge in [-0.3, -0.25) is 9.59 Å². The average molecular weight is 384 g/mol. The summed E-state index contributed by atoms with van der Waals surface area (Å²) in [5, 5.41) is 11.8. The monoisotopic (exact) mass is 384 g/mol. The molecule has 1 heterocycles. The van der Waals surface area contributed by atoms with Crippen LogP contribution in [0, 0.1) is 0 Å². The number of aliphatic carboxylic acids is 1. The maximum absolute atomic E-state index is 12.6. The van der Waals surface area contributed by atoms with Crippen LogP contribution < -0.4 is 14.8 Å². The van der Waals surface area contributed by atoms with Crippen molar-refractivity contribution in [1.29, 1.82) is 0 Å². The van der Waals surface area contributed by atoms with E-state index >= 15 is 0 Å². The average Bonchev–Trinajstić information content (AvgIpc) is 3.18. The van der Waals surface area contributed by atoms with Crippen molar-refractivity contribution in [3.63, 3.8) is 0 Å². The minimum Gasteiger partial charge on any atom is -0.480 e. The van der Waals surface area contributed by atoms with Crippen molar-refractivity contribution in [1.82, 2.24) is 10.2 Å². The van der Waals surface area contributed by atoms with Gasteiger partial charge in [-0.05, 0) is 30.7 Å². The van der Waals surface area contributed by atoms with Crippen LogP contribution >= 0.6 is 0 Å². The smallest absolute Gasteiger partial charge is 0.326 e. The number of hydrogen-bond donors (Lipinski definition) is 2. The van der Waals surface area contributed by atoms with Gasteiger partial charge < -0.3 is 24.8 Å². The summed E-state index contributed by atoms with van der Waals surface area (Å²) >= 11 is 0. The van der Waals surface area contributed by atoms with Crippen LogP contribution in [-0.4, -0.2) is 47.2 Å². The topological polar surface area (TPSA) is 105 Å². The summed E-state index contributed by atoms with van der Waals surface area (Å²) in [6.45, 7) is 1.34. The van der Waals surface area contributed by atoms with Crippen molar-refractivity contribution in [2.24, 2.45) is 0 Å². The van der Waals surface area contributed by atoms with Gasteiger partial charge >= 0.3 is 5.97 Å². The van der Waals surface area contributed by atoms with Crippen molar-refractivity contribution in [2.45, 2.75) is 19.5 Å². The molecule has 8 heteroatoms. The van der Waals surface area contributed by atoms with E-state index in [1.807, 2.05) is 18.2 Å². The summed E-state index contributed by atoms with van der Waals surface area (Å²) < 4.78 is 10.4. The Morgan fingerprint density at radius 2 is 1.82 bits per heavy atom. The number of carbonyl (C=O) groups excluding carboxylic acids is 2. The molecule has 3 rings (SSSR count). The molecule has 0 radical (unpaired) electrons.